The molecule has 2 heterocycles. The van der Waals surface area contributed by atoms with Gasteiger partial charge in [-0.05, 0) is 57.1 Å². The lowest BCUT2D eigenvalue weighted by atomic mass is 9.96. The Morgan fingerprint density at radius 3 is 2.44 bits per heavy atom. The number of amides is 2. The second-order valence-electron chi connectivity index (χ2n) is 7.15. The maximum Gasteiger partial charge on any atom is 0.253 e. The maximum atomic E-state index is 12.6. The Hall–Kier alpha value is -2.14. The summed E-state index contributed by atoms with van der Waals surface area (Å²) in [5, 5.41) is 3.15. The van der Waals surface area contributed by atoms with E-state index in [2.05, 4.69) is 23.8 Å². The van der Waals surface area contributed by atoms with Gasteiger partial charge in [0, 0.05) is 30.6 Å². The van der Waals surface area contributed by atoms with Gasteiger partial charge in [-0.25, -0.2) is 0 Å². The average Bonchev–Trinajstić information content (AvgIpc) is 3.10. The lowest BCUT2D eigenvalue weighted by Gasteiger charge is -2.29. The summed E-state index contributed by atoms with van der Waals surface area (Å²) in [6.45, 7) is 6.98. The molecule has 5 heteroatoms. The second-order valence-corrected chi connectivity index (χ2v) is 7.15. The molecule has 2 amide bonds. The fraction of sp³-hybridized carbons (Fsp3) is 0.500. The molecule has 0 radical (unpaired) electrons. The van der Waals surface area contributed by atoms with Crippen molar-refractivity contribution >= 4 is 17.9 Å². The van der Waals surface area contributed by atoms with Crippen LogP contribution in [0.15, 0.2) is 30.8 Å². The zero-order valence-corrected chi connectivity index (χ0v) is 14.9. The molecule has 1 unspecified atom stereocenters. The first-order valence-corrected chi connectivity index (χ1v) is 9.07. The average molecular weight is 341 g/mol. The van der Waals surface area contributed by atoms with Crippen LogP contribution in [0, 0.1) is 5.92 Å². The van der Waals surface area contributed by atoms with Gasteiger partial charge in [0.15, 0.2) is 0 Å². The van der Waals surface area contributed by atoms with E-state index in [-0.39, 0.29) is 23.8 Å². The third-order valence-electron chi connectivity index (χ3n) is 5.30. The number of nitrogens with one attached hydrogen (secondary N) is 1. The molecule has 1 N–H and O–H groups in total. The molecule has 2 saturated heterocycles. The monoisotopic (exact) mass is 341 g/mol. The van der Waals surface area contributed by atoms with E-state index in [0.29, 0.717) is 18.7 Å². The van der Waals surface area contributed by atoms with Crippen molar-refractivity contribution in [2.75, 3.05) is 33.2 Å². The predicted molar refractivity (Wildman–Crippen MR) is 99.2 cm³/mol. The van der Waals surface area contributed by atoms with Crippen LogP contribution in [0.1, 0.15) is 35.2 Å². The topological polar surface area (TPSA) is 52.7 Å². The summed E-state index contributed by atoms with van der Waals surface area (Å²) >= 11 is 0. The molecule has 2 aliphatic rings. The number of carbonyl (C=O) groups is 2. The Balaban J connectivity index is 1.51. The molecular formula is C20H27N3O2. The first-order valence-electron chi connectivity index (χ1n) is 9.07. The molecule has 0 saturated carbocycles. The first kappa shape index (κ1) is 17.7. The van der Waals surface area contributed by atoms with Crippen molar-refractivity contribution in [1.29, 1.82) is 0 Å². The van der Waals surface area contributed by atoms with E-state index < -0.39 is 0 Å². The van der Waals surface area contributed by atoms with Crippen LogP contribution >= 0.6 is 0 Å². The van der Waals surface area contributed by atoms with Crippen molar-refractivity contribution in [3.05, 3.63) is 42.0 Å². The zero-order valence-electron chi connectivity index (χ0n) is 14.9. The van der Waals surface area contributed by atoms with E-state index in [1.54, 1.807) is 6.08 Å². The summed E-state index contributed by atoms with van der Waals surface area (Å²) in [6, 6.07) is 7.54. The number of rotatable bonds is 4. The number of benzene rings is 1. The Bertz CT molecular complexity index is 633. The van der Waals surface area contributed by atoms with Crippen molar-refractivity contribution < 1.29 is 9.59 Å². The summed E-state index contributed by atoms with van der Waals surface area (Å²) in [5.74, 6) is 0.307. The van der Waals surface area contributed by atoms with Crippen molar-refractivity contribution in [2.24, 2.45) is 5.92 Å². The number of hydrogen-bond donors (Lipinski definition) is 1. The molecular weight excluding hydrogens is 314 g/mol. The van der Waals surface area contributed by atoms with Crippen LogP contribution in [0.5, 0.6) is 0 Å². The van der Waals surface area contributed by atoms with Gasteiger partial charge in [-0.1, -0.05) is 24.8 Å². The summed E-state index contributed by atoms with van der Waals surface area (Å²) < 4.78 is 0. The van der Waals surface area contributed by atoms with Crippen LogP contribution in [0.25, 0.3) is 6.08 Å². The quantitative estimate of drug-likeness (QED) is 0.911. The number of carbonyl (C=O) groups excluding carboxylic acids is 2. The minimum atomic E-state index is 0.0339. The second kappa shape index (κ2) is 7.83. The van der Waals surface area contributed by atoms with Gasteiger partial charge < -0.3 is 15.1 Å². The number of nitrogens with zero attached hydrogens (tertiary/aromatic N) is 2. The highest BCUT2D eigenvalue weighted by atomic mass is 16.2. The summed E-state index contributed by atoms with van der Waals surface area (Å²) in [4.78, 5) is 29.1. The fourth-order valence-electron chi connectivity index (χ4n) is 3.60. The fourth-order valence-corrected chi connectivity index (χ4v) is 3.60. The summed E-state index contributed by atoms with van der Waals surface area (Å²) in [7, 11) is 2.09. The third kappa shape index (κ3) is 4.28. The van der Waals surface area contributed by atoms with Gasteiger partial charge >= 0.3 is 0 Å². The Kier molecular flexibility index (Phi) is 5.53. The highest BCUT2D eigenvalue weighted by molar-refractivity contribution is 5.94. The Labute approximate surface area is 149 Å². The highest BCUT2D eigenvalue weighted by Crippen LogP contribution is 2.19. The van der Waals surface area contributed by atoms with Crippen molar-refractivity contribution in [3.8, 4) is 0 Å². The molecule has 134 valence electrons. The number of piperidine rings is 1. The molecule has 0 bridgehead atoms. The van der Waals surface area contributed by atoms with Crippen molar-refractivity contribution in [2.45, 2.75) is 25.3 Å². The van der Waals surface area contributed by atoms with E-state index in [9.17, 15) is 9.59 Å². The van der Waals surface area contributed by atoms with Crippen LogP contribution < -0.4 is 5.32 Å². The lowest BCUT2D eigenvalue weighted by Crippen LogP contribution is -2.44. The molecule has 1 aromatic rings. The van der Waals surface area contributed by atoms with Gasteiger partial charge in [-0.2, -0.15) is 0 Å². The van der Waals surface area contributed by atoms with Gasteiger partial charge in [0.25, 0.3) is 5.91 Å². The Morgan fingerprint density at radius 1 is 1.12 bits per heavy atom. The van der Waals surface area contributed by atoms with E-state index in [1.165, 1.54) is 0 Å². The SMILES string of the molecule is C=Cc1ccc(C(=O)N2CCC(NC(=O)C3CCN(C)CC3)C2)cc1. The Morgan fingerprint density at radius 2 is 1.80 bits per heavy atom. The van der Waals surface area contributed by atoms with Gasteiger partial charge in [0.1, 0.15) is 0 Å². The first-order chi connectivity index (χ1) is 12.1. The van der Waals surface area contributed by atoms with Gasteiger partial charge in [-0.3, -0.25) is 9.59 Å². The van der Waals surface area contributed by atoms with E-state index >= 15 is 0 Å². The molecule has 0 aliphatic carbocycles. The predicted octanol–water partition coefficient (Wildman–Crippen LogP) is 2.00. The molecule has 2 aliphatic heterocycles. The van der Waals surface area contributed by atoms with Crippen molar-refractivity contribution in [3.63, 3.8) is 0 Å². The minimum absolute atomic E-state index is 0.0339. The van der Waals surface area contributed by atoms with Gasteiger partial charge in [-0.15, -0.1) is 0 Å². The van der Waals surface area contributed by atoms with E-state index in [4.69, 9.17) is 0 Å². The molecule has 25 heavy (non-hydrogen) atoms. The standard InChI is InChI=1S/C20H27N3O2/c1-3-15-4-6-17(7-5-15)20(25)23-13-10-18(14-23)21-19(24)16-8-11-22(2)12-9-16/h3-7,16,18H,1,8-14H2,2H3,(H,21,24). The molecule has 3 rings (SSSR count). The van der Waals surface area contributed by atoms with Gasteiger partial charge in [0.2, 0.25) is 5.91 Å². The molecule has 0 spiro atoms. The minimum Gasteiger partial charge on any atom is -0.351 e. The molecule has 2 fully saturated rings. The maximum absolute atomic E-state index is 12.6. The lowest BCUT2D eigenvalue weighted by molar-refractivity contribution is -0.127. The van der Waals surface area contributed by atoms with Crippen LogP contribution in [0.4, 0.5) is 0 Å². The van der Waals surface area contributed by atoms with E-state index in [0.717, 1.165) is 37.9 Å². The number of hydrogen-bond acceptors (Lipinski definition) is 3. The summed E-state index contributed by atoms with van der Waals surface area (Å²) in [6.07, 6.45) is 4.44. The number of likely N-dealkylation sites (tertiary alicyclic amines) is 2. The van der Waals surface area contributed by atoms with Gasteiger partial charge in [0.05, 0.1) is 0 Å². The smallest absolute Gasteiger partial charge is 0.253 e. The van der Waals surface area contributed by atoms with Crippen molar-refractivity contribution in [1.82, 2.24) is 15.1 Å². The summed E-state index contributed by atoms with van der Waals surface area (Å²) in [5.41, 5.74) is 1.69. The zero-order chi connectivity index (χ0) is 17.8. The highest BCUT2D eigenvalue weighted by Gasteiger charge is 2.30. The van der Waals surface area contributed by atoms with Crippen LogP contribution in [0.3, 0.4) is 0 Å². The molecule has 1 atom stereocenters. The molecule has 5 nitrogen and oxygen atoms in total. The normalized spacial score (nSPS) is 22.0. The molecule has 0 aromatic heterocycles. The molecule has 1 aromatic carbocycles. The van der Waals surface area contributed by atoms with Crippen LogP contribution in [-0.4, -0.2) is 60.9 Å². The van der Waals surface area contributed by atoms with Crippen LogP contribution in [0.2, 0.25) is 0 Å². The van der Waals surface area contributed by atoms with Crippen LogP contribution in [-0.2, 0) is 4.79 Å². The van der Waals surface area contributed by atoms with E-state index in [1.807, 2.05) is 29.2 Å². The largest absolute Gasteiger partial charge is 0.351 e. The third-order valence-corrected chi connectivity index (χ3v) is 5.30.